The smallest absolute Gasteiger partial charge is 0.273 e. The number of aryl methyl sites for hydroxylation is 2. The van der Waals surface area contributed by atoms with Crippen molar-refractivity contribution in [3.8, 4) is 17.1 Å². The number of aromatic nitrogens is 4. The van der Waals surface area contributed by atoms with Crippen molar-refractivity contribution >= 4 is 22.5 Å². The summed E-state index contributed by atoms with van der Waals surface area (Å²) < 4.78 is 1.89. The van der Waals surface area contributed by atoms with Crippen molar-refractivity contribution in [3.63, 3.8) is 0 Å². The molecule has 0 aliphatic rings. The number of nitrogens with zero attached hydrogens (tertiary/aromatic N) is 5. The van der Waals surface area contributed by atoms with Crippen molar-refractivity contribution in [3.05, 3.63) is 65.1 Å². The van der Waals surface area contributed by atoms with E-state index in [9.17, 15) is 9.90 Å². The van der Waals surface area contributed by atoms with Crippen LogP contribution in [0.5, 0.6) is 5.75 Å². The normalized spacial score (nSPS) is 11.1. The molecule has 0 radical (unpaired) electrons. The highest BCUT2D eigenvalue weighted by molar-refractivity contribution is 6.05. The number of carbonyl (C=O) groups is 1. The Hall–Kier alpha value is -3.98. The second-order valence-electron chi connectivity index (χ2n) is 8.57. The number of phenols is 1. The number of aliphatic hydroxyl groups is 1. The van der Waals surface area contributed by atoms with Crippen LogP contribution in [0.2, 0.25) is 0 Å². The van der Waals surface area contributed by atoms with E-state index in [2.05, 4.69) is 20.4 Å². The van der Waals surface area contributed by atoms with Gasteiger partial charge in [0.05, 0.1) is 18.3 Å². The zero-order valence-electron chi connectivity index (χ0n) is 20.4. The van der Waals surface area contributed by atoms with E-state index in [1.54, 1.807) is 30.3 Å². The minimum absolute atomic E-state index is 0.0147. The third-order valence-corrected chi connectivity index (χ3v) is 5.92. The maximum absolute atomic E-state index is 13.6. The molecule has 182 valence electrons. The van der Waals surface area contributed by atoms with Gasteiger partial charge in [0, 0.05) is 54.6 Å². The summed E-state index contributed by atoms with van der Waals surface area (Å²) in [7, 11) is 1.73. The van der Waals surface area contributed by atoms with Crippen molar-refractivity contribution < 1.29 is 15.0 Å². The van der Waals surface area contributed by atoms with Gasteiger partial charge >= 0.3 is 0 Å². The minimum atomic E-state index is -0.279. The lowest BCUT2D eigenvalue weighted by Gasteiger charge is -2.18. The molecule has 9 nitrogen and oxygen atoms in total. The molecule has 2 aromatic heterocycles. The molecule has 0 unspecified atom stereocenters. The number of fused-ring (bicyclic) bond motifs is 1. The van der Waals surface area contributed by atoms with E-state index in [0.29, 0.717) is 29.8 Å². The van der Waals surface area contributed by atoms with E-state index in [1.165, 1.54) is 6.07 Å². The third kappa shape index (κ3) is 5.09. The number of nitrogens with one attached hydrogen (secondary N) is 1. The molecule has 1 amide bonds. The van der Waals surface area contributed by atoms with Crippen molar-refractivity contribution in [2.75, 3.05) is 25.5 Å². The fourth-order valence-electron chi connectivity index (χ4n) is 4.09. The molecule has 0 spiro atoms. The summed E-state index contributed by atoms with van der Waals surface area (Å²) in [6.45, 7) is 7.55. The number of benzene rings is 2. The lowest BCUT2D eigenvalue weighted by atomic mass is 10.1. The average Bonchev–Trinajstić information content (AvgIpc) is 3.20. The molecule has 0 aliphatic carbocycles. The first-order chi connectivity index (χ1) is 16.8. The molecule has 0 saturated carbocycles. The molecular weight excluding hydrogens is 444 g/mol. The topological polar surface area (TPSA) is 116 Å². The number of aliphatic hydroxyl groups excluding tert-OH is 1. The van der Waals surface area contributed by atoms with E-state index in [4.69, 9.17) is 5.11 Å². The summed E-state index contributed by atoms with van der Waals surface area (Å²) in [4.78, 5) is 24.6. The van der Waals surface area contributed by atoms with Crippen molar-refractivity contribution in [1.29, 1.82) is 0 Å². The third-order valence-electron chi connectivity index (χ3n) is 5.92. The van der Waals surface area contributed by atoms with Crippen LogP contribution in [0.15, 0.2) is 42.6 Å². The monoisotopic (exact) mass is 474 g/mol. The van der Waals surface area contributed by atoms with Gasteiger partial charge in [0.25, 0.3) is 5.91 Å². The fourth-order valence-corrected chi connectivity index (χ4v) is 4.09. The molecule has 0 saturated heterocycles. The Bertz CT molecular complexity index is 1380. The second-order valence-corrected chi connectivity index (χ2v) is 8.57. The number of hydrogen-bond acceptors (Lipinski definition) is 7. The number of amides is 1. The van der Waals surface area contributed by atoms with Gasteiger partial charge in [0.1, 0.15) is 11.4 Å². The average molecular weight is 475 g/mol. The fraction of sp³-hybridized carbons (Fsp3) is 0.308. The van der Waals surface area contributed by atoms with Gasteiger partial charge in [-0.1, -0.05) is 0 Å². The zero-order valence-corrected chi connectivity index (χ0v) is 20.4. The van der Waals surface area contributed by atoms with Crippen LogP contribution < -0.4 is 5.32 Å². The Labute approximate surface area is 204 Å². The van der Waals surface area contributed by atoms with Crippen LogP contribution in [0.3, 0.4) is 0 Å². The second kappa shape index (κ2) is 10.1. The molecule has 4 aromatic rings. The Morgan fingerprint density at radius 2 is 1.94 bits per heavy atom. The first-order valence-electron chi connectivity index (χ1n) is 11.5. The number of hydrogen-bond donors (Lipinski definition) is 3. The summed E-state index contributed by atoms with van der Waals surface area (Å²) >= 11 is 0. The maximum atomic E-state index is 13.6. The van der Waals surface area contributed by atoms with E-state index in [1.807, 2.05) is 43.7 Å². The number of anilines is 1. The highest BCUT2D eigenvalue weighted by Crippen LogP contribution is 2.28. The first-order valence-corrected chi connectivity index (χ1v) is 11.5. The van der Waals surface area contributed by atoms with Crippen LogP contribution >= 0.6 is 0 Å². The number of carbonyl (C=O) groups excluding carboxylic acids is 1. The summed E-state index contributed by atoms with van der Waals surface area (Å²) in [5.41, 5.74) is 5.32. The Kier molecular flexibility index (Phi) is 6.97. The van der Waals surface area contributed by atoms with Gasteiger partial charge in [-0.25, -0.2) is 9.97 Å². The maximum Gasteiger partial charge on any atom is 0.273 e. The Morgan fingerprint density at radius 3 is 2.66 bits per heavy atom. The molecule has 2 heterocycles. The van der Waals surface area contributed by atoms with Gasteiger partial charge in [-0.15, -0.1) is 0 Å². The number of aromatic hydroxyl groups is 1. The van der Waals surface area contributed by atoms with E-state index in [0.717, 1.165) is 34.6 Å². The number of rotatable bonds is 8. The molecule has 35 heavy (non-hydrogen) atoms. The van der Waals surface area contributed by atoms with Gasteiger partial charge < -0.3 is 20.4 Å². The van der Waals surface area contributed by atoms with Gasteiger partial charge in [-0.05, 0) is 62.7 Å². The van der Waals surface area contributed by atoms with E-state index in [-0.39, 0.29) is 24.0 Å². The predicted octanol–water partition coefficient (Wildman–Crippen LogP) is 3.51. The van der Waals surface area contributed by atoms with Crippen LogP contribution in [0, 0.1) is 13.8 Å². The molecule has 0 fully saturated rings. The van der Waals surface area contributed by atoms with E-state index < -0.39 is 0 Å². The predicted molar refractivity (Wildman–Crippen MR) is 135 cm³/mol. The van der Waals surface area contributed by atoms with Crippen molar-refractivity contribution in [1.82, 2.24) is 24.6 Å². The number of phenolic OH excluding ortho intramolecular Hbond substituents is 1. The van der Waals surface area contributed by atoms with Gasteiger partial charge in [-0.3, -0.25) is 9.48 Å². The first kappa shape index (κ1) is 24.2. The molecule has 4 rings (SSSR count). The van der Waals surface area contributed by atoms with Gasteiger partial charge in [0.2, 0.25) is 0 Å². The standard InChI is InChI=1S/C26H30N6O3/c1-5-32-17(3)19(14-28-32)15-31(4)26(35)24-22-13-21(34)6-7-23(22)29-25(30-24)18-10-16(2)11-20(12-18)27-8-9-33/h6-7,10-14,27,33-34H,5,8-9,15H2,1-4H3. The highest BCUT2D eigenvalue weighted by atomic mass is 16.3. The summed E-state index contributed by atoms with van der Waals surface area (Å²) in [5, 5.41) is 27.3. The lowest BCUT2D eigenvalue weighted by molar-refractivity contribution is 0.0781. The quantitative estimate of drug-likeness (QED) is 0.358. The van der Waals surface area contributed by atoms with Crippen LogP contribution in [0.25, 0.3) is 22.3 Å². The summed E-state index contributed by atoms with van der Waals surface area (Å²) in [6.07, 6.45) is 1.78. The molecule has 0 atom stereocenters. The molecule has 2 aromatic carbocycles. The lowest BCUT2D eigenvalue weighted by Crippen LogP contribution is -2.27. The van der Waals surface area contributed by atoms with Gasteiger partial charge in [0.15, 0.2) is 5.82 Å². The van der Waals surface area contributed by atoms with Crippen LogP contribution in [-0.2, 0) is 13.1 Å². The SMILES string of the molecule is CCn1ncc(CN(C)C(=O)c2nc(-c3cc(C)cc(NCCO)c3)nc3ccc(O)cc23)c1C. The Balaban J connectivity index is 1.77. The molecular formula is C26H30N6O3. The van der Waals surface area contributed by atoms with Crippen LogP contribution in [-0.4, -0.2) is 61.0 Å². The molecule has 0 aliphatic heterocycles. The minimum Gasteiger partial charge on any atom is -0.508 e. The largest absolute Gasteiger partial charge is 0.508 e. The van der Waals surface area contributed by atoms with Crippen LogP contribution in [0.1, 0.15) is 34.2 Å². The van der Waals surface area contributed by atoms with E-state index >= 15 is 0 Å². The van der Waals surface area contributed by atoms with Crippen LogP contribution in [0.4, 0.5) is 5.69 Å². The molecule has 0 bridgehead atoms. The van der Waals surface area contributed by atoms with Crippen molar-refractivity contribution in [2.24, 2.45) is 0 Å². The molecule has 3 N–H and O–H groups in total. The summed E-state index contributed by atoms with van der Waals surface area (Å²) in [5.74, 6) is 0.168. The highest BCUT2D eigenvalue weighted by Gasteiger charge is 2.21. The summed E-state index contributed by atoms with van der Waals surface area (Å²) in [6, 6.07) is 10.6. The zero-order chi connectivity index (χ0) is 25.1. The van der Waals surface area contributed by atoms with Crippen molar-refractivity contribution in [2.45, 2.75) is 33.9 Å². The van der Waals surface area contributed by atoms with Gasteiger partial charge in [-0.2, -0.15) is 5.10 Å². The molecule has 9 heteroatoms. The Morgan fingerprint density at radius 1 is 1.14 bits per heavy atom.